The second-order valence-electron chi connectivity index (χ2n) is 6.86. The molecule has 2 aliphatic heterocycles. The van der Waals surface area contributed by atoms with E-state index in [1.54, 1.807) is 12.1 Å². The van der Waals surface area contributed by atoms with E-state index >= 15 is 0 Å². The average Bonchev–Trinajstić information content (AvgIpc) is 2.75. The van der Waals surface area contributed by atoms with Crippen molar-refractivity contribution in [2.24, 2.45) is 15.9 Å². The van der Waals surface area contributed by atoms with Gasteiger partial charge in [0.15, 0.2) is 0 Å². The van der Waals surface area contributed by atoms with Crippen molar-refractivity contribution in [2.75, 3.05) is 36.0 Å². The number of nitrogens with two attached hydrogens (primary N) is 1. The molecule has 29 heavy (non-hydrogen) atoms. The third-order valence-corrected chi connectivity index (χ3v) is 6.24. The maximum absolute atomic E-state index is 14.5. The number of thioether (sulfide) groups is 1. The van der Waals surface area contributed by atoms with Gasteiger partial charge in [0.2, 0.25) is 0 Å². The van der Waals surface area contributed by atoms with Crippen molar-refractivity contribution in [1.29, 1.82) is 0 Å². The molecule has 3 rings (SSSR count). The Morgan fingerprint density at radius 3 is 2.86 bits per heavy atom. The van der Waals surface area contributed by atoms with Gasteiger partial charge in [0.25, 0.3) is 0 Å². The van der Waals surface area contributed by atoms with E-state index in [0.717, 1.165) is 24.6 Å². The minimum atomic E-state index is -0.465. The van der Waals surface area contributed by atoms with Gasteiger partial charge in [-0.3, -0.25) is 4.99 Å². The molecule has 9 heteroatoms. The van der Waals surface area contributed by atoms with Gasteiger partial charge in [-0.2, -0.15) is 16.9 Å². The number of benzene rings is 1. The maximum Gasteiger partial charge on any atom is 0.148 e. The van der Waals surface area contributed by atoms with E-state index in [1.807, 2.05) is 43.1 Å². The van der Waals surface area contributed by atoms with Gasteiger partial charge in [-0.1, -0.05) is 24.4 Å². The van der Waals surface area contributed by atoms with E-state index in [-0.39, 0.29) is 5.82 Å². The van der Waals surface area contributed by atoms with Gasteiger partial charge in [0.05, 0.1) is 29.8 Å². The molecule has 6 nitrogen and oxygen atoms in total. The first kappa shape index (κ1) is 21.3. The number of hydrazone groups is 1. The molecule has 1 saturated heterocycles. The lowest BCUT2D eigenvalue weighted by atomic mass is 10.00. The Hall–Kier alpha value is -2.39. The van der Waals surface area contributed by atoms with E-state index in [4.69, 9.17) is 18.1 Å². The molecule has 0 spiro atoms. The van der Waals surface area contributed by atoms with Crippen molar-refractivity contribution in [3.8, 4) is 0 Å². The van der Waals surface area contributed by atoms with E-state index in [1.165, 1.54) is 12.3 Å². The highest BCUT2D eigenvalue weighted by Crippen LogP contribution is 2.26. The van der Waals surface area contributed by atoms with Crippen molar-refractivity contribution in [2.45, 2.75) is 12.5 Å². The summed E-state index contributed by atoms with van der Waals surface area (Å²) in [6.45, 7) is 4.01. The molecule has 2 heterocycles. The fourth-order valence-electron chi connectivity index (χ4n) is 2.98. The highest BCUT2D eigenvalue weighted by molar-refractivity contribution is 7.99. The number of dihydropyridines is 1. The van der Waals surface area contributed by atoms with E-state index in [0.29, 0.717) is 28.6 Å². The number of hydrogen-bond acceptors (Lipinski definition) is 7. The predicted molar refractivity (Wildman–Crippen MR) is 126 cm³/mol. The maximum atomic E-state index is 14.5. The standard InChI is InChI=1S/C20H25FN6S2/c1-20(6-2-3-7-25-20)19(28)24-14-16(26-22)13-23-15-4-5-18(17(21)12-15)27-8-10-29-11-9-27/h2-7,12-13,25H,8-11,14,22H2,1H3,(H,24,28). The highest BCUT2D eigenvalue weighted by atomic mass is 32.2. The molecule has 2 aliphatic rings. The van der Waals surface area contributed by atoms with Crippen molar-refractivity contribution in [3.05, 3.63) is 48.4 Å². The molecule has 1 atom stereocenters. The summed E-state index contributed by atoms with van der Waals surface area (Å²) in [5.41, 5.74) is 1.17. The lowest BCUT2D eigenvalue weighted by Crippen LogP contribution is -2.52. The lowest BCUT2D eigenvalue weighted by molar-refractivity contribution is 0.620. The molecule has 0 saturated carbocycles. The summed E-state index contributed by atoms with van der Waals surface area (Å²) in [4.78, 5) is 6.99. The molecule has 0 radical (unpaired) electrons. The van der Waals surface area contributed by atoms with E-state index < -0.39 is 5.54 Å². The van der Waals surface area contributed by atoms with Crippen LogP contribution in [0.1, 0.15) is 6.92 Å². The first-order chi connectivity index (χ1) is 14.0. The fraction of sp³-hybridized carbons (Fsp3) is 0.350. The fourth-order valence-corrected chi connectivity index (χ4v) is 4.08. The monoisotopic (exact) mass is 432 g/mol. The number of aliphatic imine (C=N–C) groups is 1. The largest absolute Gasteiger partial charge is 0.376 e. The smallest absolute Gasteiger partial charge is 0.148 e. The van der Waals surface area contributed by atoms with Crippen LogP contribution in [0.4, 0.5) is 15.8 Å². The Bertz CT molecular complexity index is 861. The van der Waals surface area contributed by atoms with E-state index in [9.17, 15) is 4.39 Å². The SMILES string of the molecule is CC1(C(=S)NCC(C=Nc2ccc(N3CCSCC3)c(F)c2)=NN)C=CC=CN1. The molecule has 154 valence electrons. The second kappa shape index (κ2) is 9.89. The van der Waals surface area contributed by atoms with Crippen LogP contribution in [0.15, 0.2) is 52.7 Å². The zero-order valence-corrected chi connectivity index (χ0v) is 17.9. The molecule has 0 amide bonds. The zero-order chi connectivity index (χ0) is 20.7. The summed E-state index contributed by atoms with van der Waals surface area (Å²) in [6, 6.07) is 5.01. The Morgan fingerprint density at radius 1 is 1.41 bits per heavy atom. The van der Waals surface area contributed by atoms with Gasteiger partial charge >= 0.3 is 0 Å². The van der Waals surface area contributed by atoms with Crippen LogP contribution in [0.3, 0.4) is 0 Å². The molecule has 1 fully saturated rings. The van der Waals surface area contributed by atoms with Crippen LogP contribution in [-0.4, -0.2) is 53.6 Å². The van der Waals surface area contributed by atoms with E-state index in [2.05, 4.69) is 25.6 Å². The number of nitrogens with zero attached hydrogens (tertiary/aromatic N) is 3. The Morgan fingerprint density at radius 2 is 2.21 bits per heavy atom. The minimum Gasteiger partial charge on any atom is -0.376 e. The summed E-state index contributed by atoms with van der Waals surface area (Å²) in [7, 11) is 0. The molecule has 4 N–H and O–H groups in total. The summed E-state index contributed by atoms with van der Waals surface area (Å²) < 4.78 is 14.5. The van der Waals surface area contributed by atoms with Crippen LogP contribution in [0, 0.1) is 5.82 Å². The molecule has 1 unspecified atom stereocenters. The van der Waals surface area contributed by atoms with Crippen molar-refractivity contribution < 1.29 is 4.39 Å². The topological polar surface area (TPSA) is 78.0 Å². The van der Waals surface area contributed by atoms with Crippen LogP contribution < -0.4 is 21.4 Å². The molecule has 0 bridgehead atoms. The van der Waals surface area contributed by atoms with Gasteiger partial charge in [-0.15, -0.1) is 0 Å². The summed E-state index contributed by atoms with van der Waals surface area (Å²) >= 11 is 7.36. The van der Waals surface area contributed by atoms with Crippen LogP contribution in [0.25, 0.3) is 0 Å². The molecular formula is C20H25FN6S2. The first-order valence-electron chi connectivity index (χ1n) is 9.35. The molecule has 1 aromatic carbocycles. The van der Waals surface area contributed by atoms with Crippen LogP contribution in [0.2, 0.25) is 0 Å². The third-order valence-electron chi connectivity index (χ3n) is 4.73. The second-order valence-corrected chi connectivity index (χ2v) is 8.49. The van der Waals surface area contributed by atoms with Crippen molar-refractivity contribution >= 4 is 52.3 Å². The van der Waals surface area contributed by atoms with Crippen LogP contribution >= 0.6 is 24.0 Å². The summed E-state index contributed by atoms with van der Waals surface area (Å²) in [6.07, 6.45) is 9.17. The summed E-state index contributed by atoms with van der Waals surface area (Å²) in [5.74, 6) is 7.24. The number of allylic oxidation sites excluding steroid dienone is 2. The quantitative estimate of drug-likeness (QED) is 0.278. The van der Waals surface area contributed by atoms with Crippen LogP contribution in [-0.2, 0) is 0 Å². The van der Waals surface area contributed by atoms with Crippen molar-refractivity contribution in [3.63, 3.8) is 0 Å². The zero-order valence-electron chi connectivity index (χ0n) is 16.3. The number of nitrogens with one attached hydrogen (secondary N) is 2. The highest BCUT2D eigenvalue weighted by Gasteiger charge is 2.25. The molecule has 0 aromatic heterocycles. The molecule has 0 aliphatic carbocycles. The van der Waals surface area contributed by atoms with Gasteiger partial charge in [0.1, 0.15) is 16.3 Å². The Labute approximate surface area is 180 Å². The van der Waals surface area contributed by atoms with Gasteiger partial charge < -0.3 is 21.4 Å². The summed E-state index contributed by atoms with van der Waals surface area (Å²) in [5, 5.41) is 10.1. The Balaban J connectivity index is 1.59. The van der Waals surface area contributed by atoms with Gasteiger partial charge in [-0.25, -0.2) is 4.39 Å². The number of thiocarbonyl (C=S) groups is 1. The van der Waals surface area contributed by atoms with Gasteiger partial charge in [-0.05, 0) is 31.3 Å². The van der Waals surface area contributed by atoms with Gasteiger partial charge in [0, 0.05) is 30.7 Å². The number of rotatable bonds is 6. The number of hydrogen-bond donors (Lipinski definition) is 3. The van der Waals surface area contributed by atoms with Crippen LogP contribution in [0.5, 0.6) is 0 Å². The predicted octanol–water partition coefficient (Wildman–Crippen LogP) is 2.74. The first-order valence-corrected chi connectivity index (χ1v) is 10.9. The number of anilines is 1. The molecule has 1 aromatic rings. The normalized spacial score (nSPS) is 22.0. The number of halogens is 1. The average molecular weight is 433 g/mol. The third kappa shape index (κ3) is 5.57. The van der Waals surface area contributed by atoms with Crippen molar-refractivity contribution in [1.82, 2.24) is 10.6 Å². The Kier molecular flexibility index (Phi) is 7.27. The minimum absolute atomic E-state index is 0.270. The lowest BCUT2D eigenvalue weighted by Gasteiger charge is -2.29. The molecular weight excluding hydrogens is 407 g/mol.